The van der Waals surface area contributed by atoms with Crippen LogP contribution in [0.5, 0.6) is 0 Å². The summed E-state index contributed by atoms with van der Waals surface area (Å²) in [4.78, 5) is 38.0. The van der Waals surface area contributed by atoms with E-state index in [4.69, 9.17) is 18.5 Å². The second-order valence-corrected chi connectivity index (χ2v) is 27.4. The molecule has 0 bridgehead atoms. The number of carbonyl (C=O) groups excluding carboxylic acids is 2. The van der Waals surface area contributed by atoms with Crippen molar-refractivity contribution in [1.82, 2.24) is 0 Å². The van der Waals surface area contributed by atoms with Crippen molar-refractivity contribution in [3.63, 3.8) is 0 Å². The molecule has 0 aromatic rings. The summed E-state index contributed by atoms with van der Waals surface area (Å²) in [6.45, 7) is 4.27. The number of esters is 2. The fourth-order valence-corrected chi connectivity index (χ4v) is 11.6. The fraction of sp³-hybridized carbons (Fsp3) is 0.890. The van der Waals surface area contributed by atoms with Gasteiger partial charge in [-0.05, 0) is 51.4 Å². The molecule has 9 nitrogen and oxygen atoms in total. The number of hydrogen-bond acceptors (Lipinski definition) is 8. The topological polar surface area (TPSA) is 111 Å². The van der Waals surface area contributed by atoms with Crippen LogP contribution < -0.4 is 4.89 Å². The van der Waals surface area contributed by atoms with Crippen molar-refractivity contribution in [3.05, 3.63) is 36.5 Å². The molecule has 0 aliphatic rings. The molecule has 0 radical (unpaired) electrons. The van der Waals surface area contributed by atoms with Crippen LogP contribution in [0.15, 0.2) is 36.5 Å². The van der Waals surface area contributed by atoms with E-state index in [2.05, 4.69) is 50.3 Å². The molecule has 490 valence electrons. The molecule has 0 heterocycles. The van der Waals surface area contributed by atoms with Gasteiger partial charge in [-0.3, -0.25) is 14.2 Å². The highest BCUT2D eigenvalue weighted by Crippen LogP contribution is 2.38. The minimum absolute atomic E-state index is 0.0323. The van der Waals surface area contributed by atoms with Crippen LogP contribution in [0.1, 0.15) is 367 Å². The van der Waals surface area contributed by atoms with Gasteiger partial charge in [-0.15, -0.1) is 0 Å². The smallest absolute Gasteiger partial charge is 0.306 e. The Hall–Kier alpha value is -1.77. The van der Waals surface area contributed by atoms with Gasteiger partial charge in [0, 0.05) is 12.8 Å². The second kappa shape index (κ2) is 64.7. The maximum absolute atomic E-state index is 12.8. The highest BCUT2D eigenvalue weighted by molar-refractivity contribution is 7.45. The highest BCUT2D eigenvalue weighted by Gasteiger charge is 2.22. The number of hydrogen-bond donors (Lipinski definition) is 0. The van der Waals surface area contributed by atoms with E-state index in [1.807, 2.05) is 21.1 Å². The first kappa shape index (κ1) is 81.2. The first-order valence-electron chi connectivity index (χ1n) is 36.2. The summed E-state index contributed by atoms with van der Waals surface area (Å²) >= 11 is 0. The second-order valence-electron chi connectivity index (χ2n) is 26.0. The summed E-state index contributed by atoms with van der Waals surface area (Å²) < 4.78 is 34.3. The summed E-state index contributed by atoms with van der Waals surface area (Å²) in [6, 6.07) is 0. The van der Waals surface area contributed by atoms with Gasteiger partial charge in [0.1, 0.15) is 19.8 Å². The number of rotatable bonds is 68. The number of likely N-dealkylation sites (N-methyl/N-ethyl adjacent to an activating group) is 1. The Morgan fingerprint density at radius 2 is 0.651 bits per heavy atom. The Morgan fingerprint density at radius 1 is 0.373 bits per heavy atom. The third-order valence-electron chi connectivity index (χ3n) is 16.4. The zero-order chi connectivity index (χ0) is 60.5. The van der Waals surface area contributed by atoms with E-state index < -0.39 is 26.5 Å². The molecule has 0 N–H and O–H groups in total. The molecule has 2 atom stereocenters. The van der Waals surface area contributed by atoms with Crippen LogP contribution in [0, 0.1) is 0 Å². The number of quaternary nitrogens is 1. The minimum Gasteiger partial charge on any atom is -0.756 e. The van der Waals surface area contributed by atoms with Gasteiger partial charge >= 0.3 is 11.9 Å². The van der Waals surface area contributed by atoms with Crippen molar-refractivity contribution >= 4 is 19.8 Å². The molecule has 0 rings (SSSR count). The maximum Gasteiger partial charge on any atom is 0.306 e. The van der Waals surface area contributed by atoms with E-state index in [0.717, 1.165) is 70.6 Å². The summed E-state index contributed by atoms with van der Waals surface area (Å²) in [5.74, 6) is -0.831. The number of ether oxygens (including phenoxy) is 2. The van der Waals surface area contributed by atoms with Crippen molar-refractivity contribution in [1.29, 1.82) is 0 Å². The van der Waals surface area contributed by atoms with E-state index >= 15 is 0 Å². The minimum atomic E-state index is -4.64. The van der Waals surface area contributed by atoms with Gasteiger partial charge in [-0.1, -0.05) is 339 Å². The van der Waals surface area contributed by atoms with E-state index in [1.54, 1.807) is 0 Å². The standard InChI is InChI=1S/C73H140NO8P/c1-6-8-10-12-14-16-18-20-22-24-26-28-29-30-31-32-33-34-35-36-37-38-39-40-41-42-43-44-46-47-49-51-53-55-57-59-61-63-65-72(75)79-69-71(70-81-83(77,78)80-68-67-74(3,4)5)82-73(76)66-64-62-60-58-56-54-52-50-48-45-27-25-23-21-19-17-15-13-11-9-7-2/h19,21,25,27,48,50,71H,6-18,20,22-24,26,28-47,49,51-70H2,1-5H3/b21-19-,27-25-,50-48-. The summed E-state index contributed by atoms with van der Waals surface area (Å²) in [7, 11) is 1.17. The zero-order valence-corrected chi connectivity index (χ0v) is 56.8. The molecule has 83 heavy (non-hydrogen) atoms. The average molecular weight is 1190 g/mol. The van der Waals surface area contributed by atoms with Gasteiger partial charge < -0.3 is 27.9 Å². The van der Waals surface area contributed by atoms with Crippen LogP contribution in [0.25, 0.3) is 0 Å². The van der Waals surface area contributed by atoms with Gasteiger partial charge in [-0.25, -0.2) is 0 Å². The van der Waals surface area contributed by atoms with Crippen molar-refractivity contribution in [2.45, 2.75) is 373 Å². The first-order chi connectivity index (χ1) is 40.5. The van der Waals surface area contributed by atoms with E-state index in [0.29, 0.717) is 17.4 Å². The number of nitrogens with zero attached hydrogens (tertiary/aromatic N) is 1. The number of phosphoric acid groups is 1. The van der Waals surface area contributed by atoms with Crippen molar-refractivity contribution in [2.24, 2.45) is 0 Å². The normalized spacial score (nSPS) is 13.3. The predicted molar refractivity (Wildman–Crippen MR) is 356 cm³/mol. The first-order valence-corrected chi connectivity index (χ1v) is 37.7. The van der Waals surface area contributed by atoms with Crippen molar-refractivity contribution in [3.8, 4) is 0 Å². The van der Waals surface area contributed by atoms with Crippen LogP contribution >= 0.6 is 7.82 Å². The molecule has 10 heteroatoms. The van der Waals surface area contributed by atoms with Crippen LogP contribution in [0.3, 0.4) is 0 Å². The molecular formula is C73H140NO8P. The Bertz CT molecular complexity index is 1490. The Balaban J connectivity index is 3.91. The summed E-state index contributed by atoms with van der Waals surface area (Å²) in [5, 5.41) is 0. The number of unbranched alkanes of at least 4 members (excludes halogenated alkanes) is 48. The Morgan fingerprint density at radius 3 is 0.964 bits per heavy atom. The van der Waals surface area contributed by atoms with E-state index in [-0.39, 0.29) is 32.0 Å². The highest BCUT2D eigenvalue weighted by atomic mass is 31.2. The predicted octanol–water partition coefficient (Wildman–Crippen LogP) is 22.8. The lowest BCUT2D eigenvalue weighted by atomic mass is 10.0. The largest absolute Gasteiger partial charge is 0.756 e. The maximum atomic E-state index is 12.8. The summed E-state index contributed by atoms with van der Waals surface area (Å²) in [5.41, 5.74) is 0. The van der Waals surface area contributed by atoms with Crippen molar-refractivity contribution in [2.75, 3.05) is 47.5 Å². The molecule has 0 amide bonds. The molecule has 0 saturated heterocycles. The molecule has 0 fully saturated rings. The fourth-order valence-electron chi connectivity index (χ4n) is 10.8. The van der Waals surface area contributed by atoms with Gasteiger partial charge in [-0.2, -0.15) is 0 Å². The molecule has 0 aliphatic heterocycles. The average Bonchev–Trinajstić information content (AvgIpc) is 3.49. The quantitative estimate of drug-likeness (QED) is 0.0195. The van der Waals surface area contributed by atoms with Gasteiger partial charge in [0.2, 0.25) is 0 Å². The number of phosphoric ester groups is 1. The van der Waals surface area contributed by atoms with Crippen LogP contribution in [0.4, 0.5) is 0 Å². The van der Waals surface area contributed by atoms with Crippen molar-refractivity contribution < 1.29 is 42.1 Å². The van der Waals surface area contributed by atoms with E-state index in [9.17, 15) is 19.0 Å². The van der Waals surface area contributed by atoms with E-state index in [1.165, 1.54) is 263 Å². The zero-order valence-electron chi connectivity index (χ0n) is 55.9. The molecule has 0 aromatic heterocycles. The van der Waals surface area contributed by atoms with Gasteiger partial charge in [0.15, 0.2) is 6.10 Å². The lowest BCUT2D eigenvalue weighted by Gasteiger charge is -2.28. The Labute approximate surface area is 516 Å². The molecular weight excluding hydrogens is 1050 g/mol. The number of allylic oxidation sites excluding steroid dienone is 6. The number of carbonyl (C=O) groups is 2. The lowest BCUT2D eigenvalue weighted by molar-refractivity contribution is -0.870. The monoisotopic (exact) mass is 1190 g/mol. The van der Waals surface area contributed by atoms with Gasteiger partial charge in [0.25, 0.3) is 7.82 Å². The van der Waals surface area contributed by atoms with Crippen LogP contribution in [0.2, 0.25) is 0 Å². The molecule has 2 unspecified atom stereocenters. The molecule has 0 spiro atoms. The van der Waals surface area contributed by atoms with Crippen LogP contribution in [-0.2, 0) is 32.7 Å². The Kier molecular flexibility index (Phi) is 63.3. The van der Waals surface area contributed by atoms with Gasteiger partial charge in [0.05, 0.1) is 27.7 Å². The third-order valence-corrected chi connectivity index (χ3v) is 17.4. The van der Waals surface area contributed by atoms with Crippen LogP contribution in [-0.4, -0.2) is 70.0 Å². The SMILES string of the molecule is CCCCCCC/C=C\C/C=C\C/C=C\CCCCCCCCC(=O)OC(COC(=O)CCCCCCCCCCCCCCCCCCCCCCCCCCCCCCCCCCCCCCCC)COP(=O)([O-])OCC[N+](C)(C)C. The molecule has 0 aromatic carbocycles. The third kappa shape index (κ3) is 69.2. The lowest BCUT2D eigenvalue weighted by Crippen LogP contribution is -2.37. The summed E-state index contributed by atoms with van der Waals surface area (Å²) in [6.07, 6.45) is 82.6. The molecule has 0 saturated carbocycles. The molecule has 0 aliphatic carbocycles.